The number of carbonyl (C=O) groups is 1. The van der Waals surface area contributed by atoms with E-state index in [1.807, 2.05) is 35.0 Å². The zero-order valence-corrected chi connectivity index (χ0v) is 10.5. The van der Waals surface area contributed by atoms with Gasteiger partial charge in [0.1, 0.15) is 6.33 Å². The molecule has 0 aliphatic heterocycles. The Kier molecular flexibility index (Phi) is 3.24. The topological polar surface area (TPSA) is 88.5 Å². The standard InChI is InChI=1S/C13H12N6O/c20-12(17-13-15-8-16-18-13)7-10-1-3-11(4-2-10)19-6-5-14-9-19/h1-6,8-9H,7H2,(H2,15,16,17,18,20). The van der Waals surface area contributed by atoms with Gasteiger partial charge in [0.05, 0.1) is 12.7 Å². The van der Waals surface area contributed by atoms with Gasteiger partial charge in [0.15, 0.2) is 0 Å². The molecule has 0 aliphatic carbocycles. The minimum absolute atomic E-state index is 0.142. The summed E-state index contributed by atoms with van der Waals surface area (Å²) in [6.45, 7) is 0. The van der Waals surface area contributed by atoms with Crippen LogP contribution in [0.5, 0.6) is 0 Å². The highest BCUT2D eigenvalue weighted by Crippen LogP contribution is 2.10. The summed E-state index contributed by atoms with van der Waals surface area (Å²) in [4.78, 5) is 19.6. The molecule has 7 heteroatoms. The summed E-state index contributed by atoms with van der Waals surface area (Å²) in [5.41, 5.74) is 1.92. The predicted molar refractivity (Wildman–Crippen MR) is 72.3 cm³/mol. The zero-order chi connectivity index (χ0) is 13.8. The normalized spacial score (nSPS) is 10.4. The Morgan fingerprint density at radius 3 is 2.80 bits per heavy atom. The number of hydrogen-bond donors (Lipinski definition) is 2. The average Bonchev–Trinajstić information content (AvgIpc) is 3.12. The Bertz CT molecular complexity index is 672. The largest absolute Gasteiger partial charge is 0.306 e. The molecule has 3 rings (SSSR count). The zero-order valence-electron chi connectivity index (χ0n) is 10.5. The van der Waals surface area contributed by atoms with E-state index in [1.54, 1.807) is 12.5 Å². The number of aromatic nitrogens is 5. The molecule has 1 amide bonds. The third-order valence-corrected chi connectivity index (χ3v) is 2.78. The lowest BCUT2D eigenvalue weighted by Crippen LogP contribution is -2.15. The first-order valence-corrected chi connectivity index (χ1v) is 6.04. The molecule has 2 heterocycles. The molecule has 0 saturated carbocycles. The number of imidazole rings is 1. The molecule has 0 radical (unpaired) electrons. The molecular weight excluding hydrogens is 256 g/mol. The number of rotatable bonds is 4. The minimum atomic E-state index is -0.142. The average molecular weight is 268 g/mol. The van der Waals surface area contributed by atoms with Crippen LogP contribution in [0.2, 0.25) is 0 Å². The Balaban J connectivity index is 1.65. The van der Waals surface area contributed by atoms with Gasteiger partial charge in [-0.15, -0.1) is 0 Å². The molecule has 0 bridgehead atoms. The molecule has 0 aliphatic rings. The molecule has 2 aromatic heterocycles. The van der Waals surface area contributed by atoms with E-state index in [0.29, 0.717) is 5.95 Å². The Morgan fingerprint density at radius 2 is 2.15 bits per heavy atom. The Morgan fingerprint density at radius 1 is 1.30 bits per heavy atom. The van der Waals surface area contributed by atoms with E-state index >= 15 is 0 Å². The quantitative estimate of drug-likeness (QED) is 0.743. The second kappa shape index (κ2) is 5.35. The fourth-order valence-electron chi connectivity index (χ4n) is 1.83. The number of benzene rings is 1. The number of nitrogens with zero attached hydrogens (tertiary/aromatic N) is 4. The highest BCUT2D eigenvalue weighted by atomic mass is 16.1. The van der Waals surface area contributed by atoms with E-state index in [1.165, 1.54) is 6.33 Å². The van der Waals surface area contributed by atoms with Crippen molar-refractivity contribution in [2.24, 2.45) is 0 Å². The van der Waals surface area contributed by atoms with Crippen LogP contribution in [-0.4, -0.2) is 30.6 Å². The van der Waals surface area contributed by atoms with Crippen molar-refractivity contribution in [3.63, 3.8) is 0 Å². The lowest BCUT2D eigenvalue weighted by Gasteiger charge is -2.05. The van der Waals surface area contributed by atoms with Gasteiger partial charge in [-0.2, -0.15) is 10.1 Å². The number of aromatic amines is 1. The first kappa shape index (κ1) is 12.1. The third-order valence-electron chi connectivity index (χ3n) is 2.78. The summed E-state index contributed by atoms with van der Waals surface area (Å²) in [6, 6.07) is 7.71. The van der Waals surface area contributed by atoms with E-state index in [9.17, 15) is 4.79 Å². The van der Waals surface area contributed by atoms with Crippen LogP contribution in [0, 0.1) is 0 Å². The molecule has 2 N–H and O–H groups in total. The van der Waals surface area contributed by atoms with Gasteiger partial charge < -0.3 is 4.57 Å². The number of anilines is 1. The first-order valence-electron chi connectivity index (χ1n) is 6.04. The van der Waals surface area contributed by atoms with Crippen LogP contribution in [0.3, 0.4) is 0 Å². The molecule has 3 aromatic rings. The number of hydrogen-bond acceptors (Lipinski definition) is 4. The summed E-state index contributed by atoms with van der Waals surface area (Å²) in [7, 11) is 0. The third kappa shape index (κ3) is 2.72. The maximum Gasteiger partial charge on any atom is 0.231 e. The van der Waals surface area contributed by atoms with E-state index in [4.69, 9.17) is 0 Å². The Hall–Kier alpha value is -2.96. The monoisotopic (exact) mass is 268 g/mol. The Labute approximate surface area is 114 Å². The molecule has 7 nitrogen and oxygen atoms in total. The SMILES string of the molecule is O=C(Cc1ccc(-n2ccnc2)cc1)Nc1ncn[nH]1. The van der Waals surface area contributed by atoms with Crippen molar-refractivity contribution < 1.29 is 4.79 Å². The second-order valence-corrected chi connectivity index (χ2v) is 4.20. The van der Waals surface area contributed by atoms with Gasteiger partial charge in [-0.05, 0) is 17.7 Å². The van der Waals surface area contributed by atoms with E-state index in [0.717, 1.165) is 11.3 Å². The second-order valence-electron chi connectivity index (χ2n) is 4.20. The molecule has 100 valence electrons. The van der Waals surface area contributed by atoms with Crippen LogP contribution in [-0.2, 0) is 11.2 Å². The smallest absolute Gasteiger partial charge is 0.231 e. The fraction of sp³-hybridized carbons (Fsp3) is 0.0769. The van der Waals surface area contributed by atoms with Crippen molar-refractivity contribution in [2.75, 3.05) is 5.32 Å². The van der Waals surface area contributed by atoms with Gasteiger partial charge in [0, 0.05) is 18.1 Å². The summed E-state index contributed by atoms with van der Waals surface area (Å²) < 4.78 is 1.90. The molecular formula is C13H12N6O. The van der Waals surface area contributed by atoms with Crippen LogP contribution >= 0.6 is 0 Å². The van der Waals surface area contributed by atoms with Gasteiger partial charge in [-0.1, -0.05) is 12.1 Å². The van der Waals surface area contributed by atoms with Crippen LogP contribution in [0.1, 0.15) is 5.56 Å². The molecule has 20 heavy (non-hydrogen) atoms. The highest BCUT2D eigenvalue weighted by Gasteiger charge is 2.06. The summed E-state index contributed by atoms with van der Waals surface area (Å²) in [6.07, 6.45) is 6.94. The van der Waals surface area contributed by atoms with Crippen LogP contribution in [0.15, 0.2) is 49.3 Å². The molecule has 0 saturated heterocycles. The molecule has 0 fully saturated rings. The van der Waals surface area contributed by atoms with E-state index in [2.05, 4.69) is 25.5 Å². The molecule has 0 unspecified atom stereocenters. The predicted octanol–water partition coefficient (Wildman–Crippen LogP) is 1.17. The van der Waals surface area contributed by atoms with Crippen molar-refractivity contribution in [3.8, 4) is 5.69 Å². The van der Waals surface area contributed by atoms with Crippen LogP contribution in [0.4, 0.5) is 5.95 Å². The fourth-order valence-corrected chi connectivity index (χ4v) is 1.83. The van der Waals surface area contributed by atoms with E-state index in [-0.39, 0.29) is 12.3 Å². The molecule has 0 spiro atoms. The lowest BCUT2D eigenvalue weighted by molar-refractivity contribution is -0.115. The number of H-pyrrole nitrogens is 1. The van der Waals surface area contributed by atoms with Crippen molar-refractivity contribution >= 4 is 11.9 Å². The maximum absolute atomic E-state index is 11.8. The van der Waals surface area contributed by atoms with Crippen molar-refractivity contribution in [2.45, 2.75) is 6.42 Å². The number of nitrogens with one attached hydrogen (secondary N) is 2. The van der Waals surface area contributed by atoms with E-state index < -0.39 is 0 Å². The summed E-state index contributed by atoms with van der Waals surface area (Å²) >= 11 is 0. The van der Waals surface area contributed by atoms with Crippen LogP contribution in [0.25, 0.3) is 5.69 Å². The minimum Gasteiger partial charge on any atom is -0.306 e. The number of carbonyl (C=O) groups excluding carboxylic acids is 1. The highest BCUT2D eigenvalue weighted by molar-refractivity contribution is 5.90. The molecule has 0 atom stereocenters. The van der Waals surface area contributed by atoms with Crippen molar-refractivity contribution in [3.05, 3.63) is 54.9 Å². The molecule has 1 aromatic carbocycles. The van der Waals surface area contributed by atoms with Crippen LogP contribution < -0.4 is 5.32 Å². The van der Waals surface area contributed by atoms with Gasteiger partial charge in [-0.3, -0.25) is 10.1 Å². The summed E-state index contributed by atoms with van der Waals surface area (Å²) in [5.74, 6) is 0.210. The van der Waals surface area contributed by atoms with Gasteiger partial charge in [-0.25, -0.2) is 10.1 Å². The first-order chi connectivity index (χ1) is 9.81. The van der Waals surface area contributed by atoms with Gasteiger partial charge >= 0.3 is 0 Å². The van der Waals surface area contributed by atoms with Crippen molar-refractivity contribution in [1.82, 2.24) is 24.7 Å². The summed E-state index contributed by atoms with van der Waals surface area (Å²) in [5, 5.41) is 8.87. The van der Waals surface area contributed by atoms with Gasteiger partial charge in [0.25, 0.3) is 0 Å². The maximum atomic E-state index is 11.8. The number of amides is 1. The van der Waals surface area contributed by atoms with Crippen molar-refractivity contribution in [1.29, 1.82) is 0 Å². The lowest BCUT2D eigenvalue weighted by atomic mass is 10.1. The van der Waals surface area contributed by atoms with Gasteiger partial charge in [0.2, 0.25) is 11.9 Å².